The van der Waals surface area contributed by atoms with E-state index in [0.717, 1.165) is 32.5 Å². The van der Waals surface area contributed by atoms with Crippen molar-refractivity contribution >= 4 is 17.4 Å². The van der Waals surface area contributed by atoms with Gasteiger partial charge in [-0.1, -0.05) is 30.3 Å². The Kier molecular flexibility index (Phi) is 6.77. The summed E-state index contributed by atoms with van der Waals surface area (Å²) in [5.74, 6) is 0.391. The molecule has 1 amide bonds. The predicted molar refractivity (Wildman–Crippen MR) is 112 cm³/mol. The number of carbonyl (C=O) groups is 1. The van der Waals surface area contributed by atoms with Crippen molar-refractivity contribution in [2.75, 3.05) is 18.4 Å². The second kappa shape index (κ2) is 9.47. The highest BCUT2D eigenvalue weighted by molar-refractivity contribution is 5.84. The van der Waals surface area contributed by atoms with E-state index < -0.39 is 11.0 Å². The number of hydrogen-bond donors (Lipinski definition) is 2. The molecule has 1 atom stereocenters. The molecule has 0 spiro atoms. The molecule has 2 N–H and O–H groups in total. The number of anilines is 1. The fourth-order valence-electron chi connectivity index (χ4n) is 3.48. The fraction of sp³-hybridized carbons (Fsp3) is 0.429. The number of aromatic nitrogens is 1. The molecule has 2 heterocycles. The summed E-state index contributed by atoms with van der Waals surface area (Å²) >= 11 is 0. The number of nitro groups is 1. The number of carbonyl (C=O) groups excluding carboxylic acids is 1. The van der Waals surface area contributed by atoms with Crippen LogP contribution in [-0.4, -0.2) is 45.9 Å². The van der Waals surface area contributed by atoms with Crippen LogP contribution in [0.4, 0.5) is 11.5 Å². The number of aryl methyl sites for hydroxylation is 1. The van der Waals surface area contributed by atoms with Gasteiger partial charge in [0, 0.05) is 31.7 Å². The summed E-state index contributed by atoms with van der Waals surface area (Å²) in [6.07, 6.45) is 3.03. The molecule has 0 aliphatic carbocycles. The maximum Gasteiger partial charge on any atom is 0.287 e. The highest BCUT2D eigenvalue weighted by Gasteiger charge is 2.23. The number of nitrogens with zero attached hydrogens (tertiary/aromatic N) is 3. The second-order valence-corrected chi connectivity index (χ2v) is 7.53. The maximum atomic E-state index is 12.6. The Morgan fingerprint density at radius 2 is 2.00 bits per heavy atom. The fourth-order valence-corrected chi connectivity index (χ4v) is 3.48. The first-order chi connectivity index (χ1) is 13.9. The van der Waals surface area contributed by atoms with Crippen molar-refractivity contribution in [2.24, 2.45) is 0 Å². The first kappa shape index (κ1) is 20.7. The molecular formula is C21H27N5O3. The van der Waals surface area contributed by atoms with Crippen molar-refractivity contribution in [1.29, 1.82) is 0 Å². The predicted octanol–water partition coefficient (Wildman–Crippen LogP) is 2.88. The average molecular weight is 397 g/mol. The smallest absolute Gasteiger partial charge is 0.287 e. The standard InChI is InChI=1S/C21H27N5O3/c1-15-12-19(26(28)29)13-22-20(15)23-16(2)21(27)24-18-8-10-25(11-9-18)14-17-6-4-3-5-7-17/h3-7,12-13,16,18H,8-11,14H2,1-2H3,(H,22,23)(H,24,27). The molecule has 1 aromatic carbocycles. The molecule has 0 bridgehead atoms. The number of rotatable bonds is 7. The van der Waals surface area contributed by atoms with E-state index in [1.165, 1.54) is 17.8 Å². The van der Waals surface area contributed by atoms with Crippen LogP contribution in [0.3, 0.4) is 0 Å². The van der Waals surface area contributed by atoms with Crippen molar-refractivity contribution in [3.05, 3.63) is 63.8 Å². The van der Waals surface area contributed by atoms with Crippen LogP contribution in [0.2, 0.25) is 0 Å². The first-order valence-corrected chi connectivity index (χ1v) is 9.86. The van der Waals surface area contributed by atoms with Crippen molar-refractivity contribution in [3.8, 4) is 0 Å². The molecule has 1 fully saturated rings. The lowest BCUT2D eigenvalue weighted by Gasteiger charge is -2.33. The third-order valence-electron chi connectivity index (χ3n) is 5.20. The van der Waals surface area contributed by atoms with Crippen molar-refractivity contribution in [3.63, 3.8) is 0 Å². The molecule has 1 saturated heterocycles. The van der Waals surface area contributed by atoms with Crippen molar-refractivity contribution in [1.82, 2.24) is 15.2 Å². The lowest BCUT2D eigenvalue weighted by atomic mass is 10.0. The van der Waals surface area contributed by atoms with Crippen LogP contribution in [0.1, 0.15) is 30.9 Å². The molecule has 1 unspecified atom stereocenters. The van der Waals surface area contributed by atoms with Gasteiger partial charge in [-0.25, -0.2) is 4.98 Å². The van der Waals surface area contributed by atoms with Gasteiger partial charge >= 0.3 is 0 Å². The van der Waals surface area contributed by atoms with E-state index >= 15 is 0 Å². The highest BCUT2D eigenvalue weighted by Crippen LogP contribution is 2.19. The van der Waals surface area contributed by atoms with Gasteiger partial charge in [0.05, 0.1) is 4.92 Å². The Hall–Kier alpha value is -3.00. The van der Waals surface area contributed by atoms with E-state index in [1.807, 2.05) is 6.07 Å². The van der Waals surface area contributed by atoms with E-state index in [0.29, 0.717) is 11.4 Å². The second-order valence-electron chi connectivity index (χ2n) is 7.53. The zero-order chi connectivity index (χ0) is 20.8. The van der Waals surface area contributed by atoms with E-state index in [1.54, 1.807) is 13.8 Å². The minimum absolute atomic E-state index is 0.0626. The molecule has 0 saturated carbocycles. The number of nitrogens with one attached hydrogen (secondary N) is 2. The van der Waals surface area contributed by atoms with Crippen LogP contribution < -0.4 is 10.6 Å². The molecule has 2 aromatic rings. The molecular weight excluding hydrogens is 370 g/mol. The quantitative estimate of drug-likeness (QED) is 0.550. The van der Waals surface area contributed by atoms with Crippen LogP contribution in [0.15, 0.2) is 42.6 Å². The maximum absolute atomic E-state index is 12.6. The molecule has 154 valence electrons. The van der Waals surface area contributed by atoms with Gasteiger partial charge in [-0.3, -0.25) is 19.8 Å². The van der Waals surface area contributed by atoms with Crippen LogP contribution in [0.5, 0.6) is 0 Å². The lowest BCUT2D eigenvalue weighted by Crippen LogP contribution is -2.48. The summed E-state index contributed by atoms with van der Waals surface area (Å²) in [7, 11) is 0. The van der Waals surface area contributed by atoms with Crippen LogP contribution in [0.25, 0.3) is 0 Å². The number of pyridine rings is 1. The topological polar surface area (TPSA) is 100 Å². The monoisotopic (exact) mass is 397 g/mol. The van der Waals surface area contributed by atoms with Gasteiger partial charge < -0.3 is 10.6 Å². The molecule has 8 nitrogen and oxygen atoms in total. The van der Waals surface area contributed by atoms with Gasteiger partial charge in [0.15, 0.2) is 0 Å². The summed E-state index contributed by atoms with van der Waals surface area (Å²) in [5.41, 5.74) is 1.87. The van der Waals surface area contributed by atoms with E-state index in [4.69, 9.17) is 0 Å². The zero-order valence-corrected chi connectivity index (χ0v) is 16.8. The minimum Gasteiger partial charge on any atom is -0.358 e. The summed E-state index contributed by atoms with van der Waals surface area (Å²) in [6, 6.07) is 11.5. The summed E-state index contributed by atoms with van der Waals surface area (Å²) in [4.78, 5) is 29.4. The van der Waals surface area contributed by atoms with Gasteiger partial charge in [0.1, 0.15) is 18.1 Å². The molecule has 3 rings (SSSR count). The Balaban J connectivity index is 1.46. The van der Waals surface area contributed by atoms with Crippen LogP contribution in [0, 0.1) is 17.0 Å². The van der Waals surface area contributed by atoms with Gasteiger partial charge in [0.25, 0.3) is 5.69 Å². The van der Waals surface area contributed by atoms with Crippen molar-refractivity contribution < 1.29 is 9.72 Å². The Labute approximate surface area is 170 Å². The number of likely N-dealkylation sites (tertiary alicyclic amines) is 1. The van der Waals surface area contributed by atoms with Gasteiger partial charge in [0.2, 0.25) is 5.91 Å². The molecule has 1 aliphatic heterocycles. The van der Waals surface area contributed by atoms with E-state index in [-0.39, 0.29) is 17.6 Å². The van der Waals surface area contributed by atoms with E-state index in [9.17, 15) is 14.9 Å². The Morgan fingerprint density at radius 3 is 2.62 bits per heavy atom. The third kappa shape index (κ3) is 5.74. The van der Waals surface area contributed by atoms with Gasteiger partial charge in [-0.2, -0.15) is 0 Å². The zero-order valence-electron chi connectivity index (χ0n) is 16.8. The molecule has 29 heavy (non-hydrogen) atoms. The normalized spacial score (nSPS) is 16.2. The molecule has 0 radical (unpaired) electrons. The van der Waals surface area contributed by atoms with Crippen LogP contribution >= 0.6 is 0 Å². The van der Waals surface area contributed by atoms with Crippen LogP contribution in [-0.2, 0) is 11.3 Å². The SMILES string of the molecule is Cc1cc([N+](=O)[O-])cnc1NC(C)C(=O)NC1CCN(Cc2ccccc2)CC1. The van der Waals surface area contributed by atoms with Crippen molar-refractivity contribution in [2.45, 2.75) is 45.3 Å². The summed E-state index contributed by atoms with van der Waals surface area (Å²) < 4.78 is 0. The third-order valence-corrected chi connectivity index (χ3v) is 5.20. The van der Waals surface area contributed by atoms with E-state index in [2.05, 4.69) is 44.8 Å². The molecule has 8 heteroatoms. The molecule has 1 aromatic heterocycles. The minimum atomic E-state index is -0.482. The number of piperidine rings is 1. The molecule has 1 aliphatic rings. The summed E-state index contributed by atoms with van der Waals surface area (Å²) in [6.45, 7) is 6.33. The highest BCUT2D eigenvalue weighted by atomic mass is 16.6. The lowest BCUT2D eigenvalue weighted by molar-refractivity contribution is -0.385. The summed E-state index contributed by atoms with van der Waals surface area (Å²) in [5, 5.41) is 17.0. The van der Waals surface area contributed by atoms with Gasteiger partial charge in [-0.05, 0) is 37.8 Å². The Bertz CT molecular complexity index is 851. The van der Waals surface area contributed by atoms with Gasteiger partial charge in [-0.15, -0.1) is 0 Å². The number of benzene rings is 1. The first-order valence-electron chi connectivity index (χ1n) is 9.86. The Morgan fingerprint density at radius 1 is 1.31 bits per heavy atom. The largest absolute Gasteiger partial charge is 0.358 e. The number of hydrogen-bond acceptors (Lipinski definition) is 6. The number of amides is 1. The average Bonchev–Trinajstić information content (AvgIpc) is 2.71.